The molecular weight excluding hydrogens is 445 g/mol. The molecule has 0 saturated carbocycles. The predicted octanol–water partition coefficient (Wildman–Crippen LogP) is 2.05. The van der Waals surface area contributed by atoms with E-state index in [4.69, 9.17) is 4.65 Å². The van der Waals surface area contributed by atoms with Crippen molar-refractivity contribution in [3.63, 3.8) is 0 Å². The van der Waals surface area contributed by atoms with Crippen LogP contribution in [0.1, 0.15) is 39.0 Å². The Kier molecular flexibility index (Phi) is 8.95. The molecule has 0 saturated heterocycles. The fourth-order valence-corrected chi connectivity index (χ4v) is 3.71. The molecular formula is C26H32BN3O5. The first-order chi connectivity index (χ1) is 16.7. The molecule has 0 unspecified atom stereocenters. The van der Waals surface area contributed by atoms with E-state index in [9.17, 15) is 19.4 Å². The van der Waals surface area contributed by atoms with E-state index in [0.29, 0.717) is 25.0 Å². The maximum absolute atomic E-state index is 12.6. The first kappa shape index (κ1) is 26.3. The average molecular weight is 477 g/mol. The molecule has 8 nitrogen and oxygen atoms in total. The monoisotopic (exact) mass is 477 g/mol. The molecule has 1 aromatic carbocycles. The highest BCUT2D eigenvalue weighted by Gasteiger charge is 2.23. The predicted molar refractivity (Wildman–Crippen MR) is 135 cm³/mol. The van der Waals surface area contributed by atoms with Gasteiger partial charge in [0.05, 0.1) is 5.69 Å². The van der Waals surface area contributed by atoms with Gasteiger partial charge >= 0.3 is 13.1 Å². The van der Waals surface area contributed by atoms with Gasteiger partial charge in [-0.05, 0) is 38.0 Å². The zero-order valence-corrected chi connectivity index (χ0v) is 20.7. The van der Waals surface area contributed by atoms with E-state index in [1.807, 2.05) is 44.3 Å². The first-order valence-electron chi connectivity index (χ1n) is 11.8. The van der Waals surface area contributed by atoms with Gasteiger partial charge < -0.3 is 19.6 Å². The number of ketones is 2. The van der Waals surface area contributed by atoms with E-state index in [0.717, 1.165) is 22.2 Å². The smallest absolute Gasteiger partial charge is 0.504 e. The van der Waals surface area contributed by atoms with Crippen LogP contribution in [-0.4, -0.2) is 45.8 Å². The molecule has 2 heterocycles. The van der Waals surface area contributed by atoms with Crippen molar-refractivity contribution in [1.82, 2.24) is 14.9 Å². The lowest BCUT2D eigenvalue weighted by Gasteiger charge is -2.11. The fraction of sp³-hybridized carbons (Fsp3) is 0.385. The quantitative estimate of drug-likeness (QED) is 0.384. The van der Waals surface area contributed by atoms with Gasteiger partial charge in [-0.25, -0.2) is 0 Å². The van der Waals surface area contributed by atoms with Gasteiger partial charge in [-0.15, -0.1) is 0 Å². The van der Waals surface area contributed by atoms with E-state index in [-0.39, 0.29) is 29.9 Å². The lowest BCUT2D eigenvalue weighted by molar-refractivity contribution is -0.136. The van der Waals surface area contributed by atoms with E-state index >= 15 is 0 Å². The van der Waals surface area contributed by atoms with Crippen molar-refractivity contribution < 1.29 is 24.1 Å². The number of aromatic nitrogens is 2. The number of carbonyl (C=O) groups excluding carboxylic acids is 3. The zero-order valence-electron chi connectivity index (χ0n) is 20.7. The van der Waals surface area contributed by atoms with Gasteiger partial charge in [-0.2, -0.15) is 0 Å². The Hall–Kier alpha value is -3.30. The van der Waals surface area contributed by atoms with Crippen molar-refractivity contribution in [2.75, 3.05) is 6.54 Å². The Labute approximate surface area is 205 Å². The second kappa shape index (κ2) is 11.9. The molecule has 35 heavy (non-hydrogen) atoms. The second-order valence-electron chi connectivity index (χ2n) is 9.08. The van der Waals surface area contributed by atoms with Gasteiger partial charge in [-0.1, -0.05) is 38.1 Å². The molecule has 0 spiro atoms. The van der Waals surface area contributed by atoms with Crippen LogP contribution in [0.4, 0.5) is 0 Å². The van der Waals surface area contributed by atoms with Crippen molar-refractivity contribution in [3.8, 4) is 0 Å². The summed E-state index contributed by atoms with van der Waals surface area (Å²) in [5.41, 5.74) is 2.96. The molecule has 2 aromatic heterocycles. The van der Waals surface area contributed by atoms with Gasteiger partial charge in [0.2, 0.25) is 0 Å². The minimum atomic E-state index is -1.44. The number of hydrogen-bond acceptors (Lipinski definition) is 7. The van der Waals surface area contributed by atoms with Crippen LogP contribution in [0, 0.1) is 11.8 Å². The number of nitrogens with zero attached hydrogens (tertiary/aromatic N) is 2. The summed E-state index contributed by atoms with van der Waals surface area (Å²) in [6, 6.07) is 11.1. The summed E-state index contributed by atoms with van der Waals surface area (Å²) >= 11 is 0. The number of Topliss-reactive ketones (excluding diaryl/α,β-unsaturated/α-hetero) is 2. The minimum absolute atomic E-state index is 0.0680. The molecule has 9 heteroatoms. The van der Waals surface area contributed by atoms with E-state index in [1.165, 1.54) is 6.20 Å². The second-order valence-corrected chi connectivity index (χ2v) is 9.08. The number of hydrogen-bond donors (Lipinski definition) is 2. The van der Waals surface area contributed by atoms with Crippen LogP contribution in [0.15, 0.2) is 48.8 Å². The molecule has 0 fully saturated rings. The Bertz CT molecular complexity index is 1190. The third kappa shape index (κ3) is 7.10. The summed E-state index contributed by atoms with van der Waals surface area (Å²) in [5, 5.41) is 14.5. The van der Waals surface area contributed by atoms with Gasteiger partial charge in [0, 0.05) is 53.7 Å². The van der Waals surface area contributed by atoms with Gasteiger partial charge in [-0.3, -0.25) is 19.4 Å². The van der Waals surface area contributed by atoms with Crippen molar-refractivity contribution >= 4 is 41.0 Å². The summed E-state index contributed by atoms with van der Waals surface area (Å²) in [6.07, 6.45) is 3.92. The highest BCUT2D eigenvalue weighted by molar-refractivity contribution is 6.61. The van der Waals surface area contributed by atoms with Gasteiger partial charge in [0.15, 0.2) is 0 Å². The standard InChI is InChI=1S/C26H32BN3O5/c1-17(19(3)31)11-21-15-30(25-8-6-5-7-24(21)25)16-26(33)35-27(34)22-9-10-23(29-13-22)14-28-12-18(2)20(4)32/h5-10,13,15,17-18,28,34H,11-12,14,16H2,1-4H3/t17-,18-/m0/s1. The van der Waals surface area contributed by atoms with E-state index in [2.05, 4.69) is 10.3 Å². The SMILES string of the molecule is CC(=O)[C@@H](C)CNCc1ccc(B(O)OC(=O)Cn2cc(C[C@H](C)C(C)=O)c3ccccc32)cn1. The van der Waals surface area contributed by atoms with Crippen LogP contribution >= 0.6 is 0 Å². The fourth-order valence-electron chi connectivity index (χ4n) is 3.71. The molecule has 3 aromatic rings. The molecule has 0 aliphatic heterocycles. The molecule has 0 aliphatic rings. The zero-order chi connectivity index (χ0) is 25.5. The molecule has 0 aliphatic carbocycles. The molecule has 3 rings (SSSR count). The van der Waals surface area contributed by atoms with Crippen LogP contribution in [0.25, 0.3) is 10.9 Å². The lowest BCUT2D eigenvalue weighted by atomic mass is 9.81. The Morgan fingerprint density at radius 1 is 1.09 bits per heavy atom. The average Bonchev–Trinajstić information content (AvgIpc) is 3.16. The summed E-state index contributed by atoms with van der Waals surface area (Å²) < 4.78 is 7.02. The van der Waals surface area contributed by atoms with E-state index < -0.39 is 13.1 Å². The lowest BCUT2D eigenvalue weighted by Crippen LogP contribution is -2.37. The minimum Gasteiger partial charge on any atom is -0.504 e. The van der Waals surface area contributed by atoms with Gasteiger partial charge in [0.1, 0.15) is 18.1 Å². The highest BCUT2D eigenvalue weighted by atomic mass is 16.6. The molecule has 0 amide bonds. The Morgan fingerprint density at radius 2 is 1.80 bits per heavy atom. The summed E-state index contributed by atoms with van der Waals surface area (Å²) in [5.74, 6) is -0.535. The molecule has 2 atom stereocenters. The largest absolute Gasteiger partial charge is 0.563 e. The summed E-state index contributed by atoms with van der Waals surface area (Å²) in [6.45, 7) is 7.86. The summed E-state index contributed by atoms with van der Waals surface area (Å²) in [7, 11) is -1.44. The number of benzene rings is 1. The molecule has 2 N–H and O–H groups in total. The van der Waals surface area contributed by atoms with Crippen molar-refractivity contribution in [3.05, 3.63) is 60.0 Å². The number of carbonyl (C=O) groups is 3. The van der Waals surface area contributed by atoms with Crippen LogP contribution in [-0.2, 0) is 38.5 Å². The van der Waals surface area contributed by atoms with Gasteiger partial charge in [0.25, 0.3) is 0 Å². The number of para-hydroxylation sites is 1. The molecule has 184 valence electrons. The van der Waals surface area contributed by atoms with E-state index in [1.54, 1.807) is 30.5 Å². The van der Waals surface area contributed by atoms with Crippen LogP contribution in [0.2, 0.25) is 0 Å². The number of rotatable bonds is 12. The number of pyridine rings is 1. The Morgan fingerprint density at radius 3 is 2.46 bits per heavy atom. The maximum atomic E-state index is 12.6. The van der Waals surface area contributed by atoms with Crippen molar-refractivity contribution in [2.45, 2.75) is 47.2 Å². The molecule has 0 radical (unpaired) electrons. The maximum Gasteiger partial charge on any atom is 0.563 e. The first-order valence-corrected chi connectivity index (χ1v) is 11.8. The normalized spacial score (nSPS) is 12.8. The highest BCUT2D eigenvalue weighted by Crippen LogP contribution is 2.24. The molecule has 0 bridgehead atoms. The van der Waals surface area contributed by atoms with Crippen LogP contribution in [0.3, 0.4) is 0 Å². The summed E-state index contributed by atoms with van der Waals surface area (Å²) in [4.78, 5) is 39.9. The third-order valence-electron chi connectivity index (χ3n) is 6.22. The third-order valence-corrected chi connectivity index (χ3v) is 6.22. The topological polar surface area (TPSA) is 111 Å². The number of nitrogens with one attached hydrogen (secondary N) is 1. The number of fused-ring (bicyclic) bond motifs is 1. The van der Waals surface area contributed by atoms with Crippen molar-refractivity contribution in [1.29, 1.82) is 0 Å². The van der Waals surface area contributed by atoms with Crippen molar-refractivity contribution in [2.24, 2.45) is 11.8 Å². The van der Waals surface area contributed by atoms with Crippen LogP contribution < -0.4 is 10.8 Å². The van der Waals surface area contributed by atoms with Crippen LogP contribution in [0.5, 0.6) is 0 Å². The Balaban J connectivity index is 1.60.